The van der Waals surface area contributed by atoms with E-state index in [1.54, 1.807) is 18.6 Å². The molecule has 15 heavy (non-hydrogen) atoms. The first kappa shape index (κ1) is 10.6. The van der Waals surface area contributed by atoms with Crippen LogP contribution >= 0.6 is 27.5 Å². The Balaban J connectivity index is 2.53. The number of pyridine rings is 2. The highest BCUT2D eigenvalue weighted by Crippen LogP contribution is 2.24. The summed E-state index contributed by atoms with van der Waals surface area (Å²) in [7, 11) is 0. The van der Waals surface area contributed by atoms with E-state index in [4.69, 9.17) is 11.6 Å². The van der Waals surface area contributed by atoms with E-state index in [1.807, 2.05) is 18.2 Å². The third kappa shape index (κ3) is 2.36. The van der Waals surface area contributed by atoms with E-state index in [1.165, 1.54) is 0 Å². The van der Waals surface area contributed by atoms with E-state index in [-0.39, 0.29) is 0 Å². The number of alkyl halides is 1. The minimum atomic E-state index is 0.650. The summed E-state index contributed by atoms with van der Waals surface area (Å²) in [6.45, 7) is 0. The number of hydrogen-bond donors (Lipinski definition) is 0. The summed E-state index contributed by atoms with van der Waals surface area (Å²) in [6, 6.07) is 5.78. The molecule has 76 valence electrons. The van der Waals surface area contributed by atoms with E-state index in [9.17, 15) is 0 Å². The van der Waals surface area contributed by atoms with Gasteiger partial charge in [0.1, 0.15) is 0 Å². The van der Waals surface area contributed by atoms with Crippen molar-refractivity contribution in [2.24, 2.45) is 0 Å². The Kier molecular flexibility index (Phi) is 3.34. The molecule has 2 rings (SSSR count). The van der Waals surface area contributed by atoms with Gasteiger partial charge in [-0.2, -0.15) is 0 Å². The largest absolute Gasteiger partial charge is 0.264 e. The lowest BCUT2D eigenvalue weighted by molar-refractivity contribution is 1.24. The Bertz CT molecular complexity index is 459. The summed E-state index contributed by atoms with van der Waals surface area (Å²) >= 11 is 9.30. The second-order valence-electron chi connectivity index (χ2n) is 3.04. The van der Waals surface area contributed by atoms with E-state index in [0.29, 0.717) is 5.02 Å². The summed E-state index contributed by atoms with van der Waals surface area (Å²) in [4.78, 5) is 8.39. The molecule has 4 heteroatoms. The molecule has 2 aromatic rings. The molecule has 0 aromatic carbocycles. The summed E-state index contributed by atoms with van der Waals surface area (Å²) in [5.74, 6) is 0. The van der Waals surface area contributed by atoms with E-state index >= 15 is 0 Å². The van der Waals surface area contributed by atoms with Gasteiger partial charge in [0.2, 0.25) is 0 Å². The van der Waals surface area contributed by atoms with Gasteiger partial charge in [-0.25, -0.2) is 0 Å². The molecule has 0 saturated heterocycles. The fraction of sp³-hybridized carbons (Fsp3) is 0.0909. The Morgan fingerprint density at radius 2 is 2.20 bits per heavy atom. The third-order valence-electron chi connectivity index (χ3n) is 2.01. The predicted octanol–water partition coefficient (Wildman–Crippen LogP) is 3.69. The Hall–Kier alpha value is -0.930. The van der Waals surface area contributed by atoms with Crippen LogP contribution in [0.25, 0.3) is 11.3 Å². The lowest BCUT2D eigenvalue weighted by atomic mass is 10.1. The van der Waals surface area contributed by atoms with Gasteiger partial charge in [-0.05, 0) is 23.8 Å². The van der Waals surface area contributed by atoms with E-state index < -0.39 is 0 Å². The topological polar surface area (TPSA) is 25.8 Å². The third-order valence-corrected chi connectivity index (χ3v) is 2.82. The molecule has 0 amide bonds. The number of rotatable bonds is 2. The Morgan fingerprint density at radius 1 is 1.33 bits per heavy atom. The summed E-state index contributed by atoms with van der Waals surface area (Å²) in [6.07, 6.45) is 5.19. The molecular formula is C11H8BrClN2. The maximum Gasteiger partial charge on any atom is 0.0759 e. The van der Waals surface area contributed by atoms with Gasteiger partial charge in [0.15, 0.2) is 0 Å². The molecular weight excluding hydrogens is 275 g/mol. The highest BCUT2D eigenvalue weighted by molar-refractivity contribution is 9.08. The van der Waals surface area contributed by atoms with Gasteiger partial charge < -0.3 is 0 Å². The molecule has 0 aliphatic rings. The highest BCUT2D eigenvalue weighted by atomic mass is 79.9. The quantitative estimate of drug-likeness (QED) is 0.786. The Labute approximate surface area is 101 Å². The van der Waals surface area contributed by atoms with Crippen molar-refractivity contribution in [1.82, 2.24) is 9.97 Å². The lowest BCUT2D eigenvalue weighted by Crippen LogP contribution is -1.90. The number of aromatic nitrogens is 2. The van der Waals surface area contributed by atoms with Crippen LogP contribution in [0, 0.1) is 0 Å². The van der Waals surface area contributed by atoms with Crippen LogP contribution in [0.15, 0.2) is 36.8 Å². The van der Waals surface area contributed by atoms with Gasteiger partial charge in [0.25, 0.3) is 0 Å². The van der Waals surface area contributed by atoms with Crippen LogP contribution in [-0.4, -0.2) is 9.97 Å². The maximum absolute atomic E-state index is 5.88. The first-order chi connectivity index (χ1) is 7.31. The first-order valence-corrected chi connectivity index (χ1v) is 5.92. The standard InChI is InChI=1S/C11H8BrClN2/c12-5-9-4-10(13)7-15-11(9)8-2-1-3-14-6-8/h1-4,6-7H,5H2. The zero-order valence-electron chi connectivity index (χ0n) is 7.82. The van der Waals surface area contributed by atoms with Crippen molar-refractivity contribution in [1.29, 1.82) is 0 Å². The Morgan fingerprint density at radius 3 is 2.87 bits per heavy atom. The predicted molar refractivity (Wildman–Crippen MR) is 65.1 cm³/mol. The fourth-order valence-corrected chi connectivity index (χ4v) is 1.95. The zero-order chi connectivity index (χ0) is 10.7. The molecule has 2 heterocycles. The molecule has 0 radical (unpaired) electrons. The molecule has 0 atom stereocenters. The number of nitrogens with zero attached hydrogens (tertiary/aromatic N) is 2. The zero-order valence-corrected chi connectivity index (χ0v) is 10.2. The van der Waals surface area contributed by atoms with Crippen LogP contribution in [0.3, 0.4) is 0 Å². The number of hydrogen-bond acceptors (Lipinski definition) is 2. The van der Waals surface area contributed by atoms with Crippen molar-refractivity contribution in [3.63, 3.8) is 0 Å². The second kappa shape index (κ2) is 4.73. The minimum Gasteiger partial charge on any atom is -0.264 e. The van der Waals surface area contributed by atoms with Crippen LogP contribution in [0.2, 0.25) is 5.02 Å². The van der Waals surface area contributed by atoms with Gasteiger partial charge in [-0.1, -0.05) is 27.5 Å². The van der Waals surface area contributed by atoms with Crippen molar-refractivity contribution in [2.75, 3.05) is 0 Å². The van der Waals surface area contributed by atoms with Crippen LogP contribution in [0.5, 0.6) is 0 Å². The van der Waals surface area contributed by atoms with E-state index in [2.05, 4.69) is 25.9 Å². The van der Waals surface area contributed by atoms with Crippen LogP contribution in [-0.2, 0) is 5.33 Å². The molecule has 0 aliphatic carbocycles. The highest BCUT2D eigenvalue weighted by Gasteiger charge is 2.06. The lowest BCUT2D eigenvalue weighted by Gasteiger charge is -2.05. The van der Waals surface area contributed by atoms with Crippen LogP contribution in [0.1, 0.15) is 5.56 Å². The smallest absolute Gasteiger partial charge is 0.0759 e. The van der Waals surface area contributed by atoms with Crippen molar-refractivity contribution in [3.8, 4) is 11.3 Å². The van der Waals surface area contributed by atoms with Gasteiger partial charge >= 0.3 is 0 Å². The molecule has 0 fully saturated rings. The second-order valence-corrected chi connectivity index (χ2v) is 4.03. The average Bonchev–Trinajstić information content (AvgIpc) is 2.30. The summed E-state index contributed by atoms with van der Waals surface area (Å²) < 4.78 is 0. The molecule has 2 aromatic heterocycles. The molecule has 0 spiro atoms. The SMILES string of the molecule is Clc1cnc(-c2cccnc2)c(CBr)c1. The molecule has 0 N–H and O–H groups in total. The maximum atomic E-state index is 5.88. The fourth-order valence-electron chi connectivity index (χ4n) is 1.35. The van der Waals surface area contributed by atoms with Crippen molar-refractivity contribution in [2.45, 2.75) is 5.33 Å². The summed E-state index contributed by atoms with van der Waals surface area (Å²) in [5, 5.41) is 1.38. The van der Waals surface area contributed by atoms with Gasteiger partial charge in [0.05, 0.1) is 10.7 Å². The molecule has 0 unspecified atom stereocenters. The number of halogens is 2. The van der Waals surface area contributed by atoms with Gasteiger partial charge in [-0.15, -0.1) is 0 Å². The average molecular weight is 284 g/mol. The van der Waals surface area contributed by atoms with Crippen LogP contribution < -0.4 is 0 Å². The molecule has 0 aliphatic heterocycles. The van der Waals surface area contributed by atoms with E-state index in [0.717, 1.165) is 22.2 Å². The van der Waals surface area contributed by atoms with Gasteiger partial charge in [-0.3, -0.25) is 9.97 Å². The molecule has 0 bridgehead atoms. The van der Waals surface area contributed by atoms with Gasteiger partial charge in [0, 0.05) is 29.5 Å². The van der Waals surface area contributed by atoms with Crippen LogP contribution in [0.4, 0.5) is 0 Å². The van der Waals surface area contributed by atoms with Crippen molar-refractivity contribution in [3.05, 3.63) is 47.4 Å². The van der Waals surface area contributed by atoms with Crippen molar-refractivity contribution >= 4 is 27.5 Å². The monoisotopic (exact) mass is 282 g/mol. The van der Waals surface area contributed by atoms with Crippen molar-refractivity contribution < 1.29 is 0 Å². The minimum absolute atomic E-state index is 0.650. The molecule has 0 saturated carbocycles. The molecule has 2 nitrogen and oxygen atoms in total. The first-order valence-electron chi connectivity index (χ1n) is 4.42. The normalized spacial score (nSPS) is 10.3. The summed E-state index contributed by atoms with van der Waals surface area (Å²) in [5.41, 5.74) is 2.99.